The lowest BCUT2D eigenvalue weighted by Gasteiger charge is -2.18. The number of amides is 1. The van der Waals surface area contributed by atoms with Gasteiger partial charge in [0.1, 0.15) is 5.82 Å². The predicted octanol–water partition coefficient (Wildman–Crippen LogP) is 3.33. The zero-order chi connectivity index (χ0) is 16.1. The fourth-order valence-corrected chi connectivity index (χ4v) is 3.01. The van der Waals surface area contributed by atoms with Crippen molar-refractivity contribution in [2.45, 2.75) is 6.04 Å². The molecule has 0 fully saturated rings. The van der Waals surface area contributed by atoms with E-state index in [4.69, 9.17) is 11.6 Å². The summed E-state index contributed by atoms with van der Waals surface area (Å²) in [5.74, 6) is -0.878. The summed E-state index contributed by atoms with van der Waals surface area (Å²) in [6.45, 7) is 0. The summed E-state index contributed by atoms with van der Waals surface area (Å²) >= 11 is 5.83. The first-order chi connectivity index (χ1) is 10.5. The summed E-state index contributed by atoms with van der Waals surface area (Å²) in [5, 5.41) is 2.55. The average Bonchev–Trinajstić information content (AvgIpc) is 2.49. The van der Waals surface area contributed by atoms with Gasteiger partial charge in [-0.05, 0) is 17.7 Å². The van der Waals surface area contributed by atoms with E-state index in [1.54, 1.807) is 6.26 Å². The molecule has 0 saturated heterocycles. The summed E-state index contributed by atoms with van der Waals surface area (Å²) in [5.41, 5.74) is 0.892. The van der Waals surface area contributed by atoms with Gasteiger partial charge in [0.2, 0.25) is 0 Å². The number of carbonyl (C=O) groups is 1. The van der Waals surface area contributed by atoms with Crippen LogP contribution in [0.5, 0.6) is 0 Å². The first kappa shape index (κ1) is 16.6. The second-order valence-corrected chi connectivity index (χ2v) is 6.64. The minimum atomic E-state index is -1.10. The molecule has 0 spiro atoms. The second-order valence-electron chi connectivity index (χ2n) is 4.78. The van der Waals surface area contributed by atoms with Crippen molar-refractivity contribution in [3.63, 3.8) is 0 Å². The molecule has 0 radical (unpaired) electrons. The van der Waals surface area contributed by atoms with E-state index in [2.05, 4.69) is 5.32 Å². The van der Waals surface area contributed by atoms with Crippen LogP contribution in [0.3, 0.4) is 0 Å². The van der Waals surface area contributed by atoms with E-state index >= 15 is 0 Å². The van der Waals surface area contributed by atoms with E-state index in [1.165, 1.54) is 18.2 Å². The Morgan fingerprint density at radius 3 is 2.55 bits per heavy atom. The number of rotatable bonds is 5. The van der Waals surface area contributed by atoms with Crippen molar-refractivity contribution in [2.75, 3.05) is 12.0 Å². The van der Waals surface area contributed by atoms with Crippen LogP contribution in [0.2, 0.25) is 5.02 Å². The van der Waals surface area contributed by atoms with E-state index in [-0.39, 0.29) is 16.3 Å². The molecule has 22 heavy (non-hydrogen) atoms. The molecular formula is C16H15ClFNO2S. The van der Waals surface area contributed by atoms with Crippen LogP contribution in [0.4, 0.5) is 4.39 Å². The maximum atomic E-state index is 13.4. The third kappa shape index (κ3) is 4.15. The van der Waals surface area contributed by atoms with E-state index in [0.717, 1.165) is 5.56 Å². The fraction of sp³-hybridized carbons (Fsp3) is 0.188. The Morgan fingerprint density at radius 1 is 1.23 bits per heavy atom. The van der Waals surface area contributed by atoms with Crippen LogP contribution >= 0.6 is 11.6 Å². The molecule has 0 saturated carbocycles. The Morgan fingerprint density at radius 2 is 1.91 bits per heavy atom. The molecule has 0 aromatic heterocycles. The van der Waals surface area contributed by atoms with Gasteiger partial charge in [0.15, 0.2) is 0 Å². The standard InChI is InChI=1S/C16H15ClFNO2S/c1-22(21)10-14(11-6-3-2-4-7-11)19-16(20)12-8-5-9-13(18)15(12)17/h2-9,14H,10H2,1H3,(H,19,20)/t14-,22-/m0/s1. The Bertz CT molecular complexity index is 694. The molecule has 0 aliphatic rings. The molecule has 0 aliphatic heterocycles. The SMILES string of the molecule is C[S@](=O)C[C@H](NC(=O)c1cccc(F)c1Cl)c1ccccc1. The Kier molecular flexibility index (Phi) is 5.69. The van der Waals surface area contributed by atoms with Crippen LogP contribution in [-0.4, -0.2) is 22.1 Å². The van der Waals surface area contributed by atoms with Crippen molar-refractivity contribution in [3.05, 3.63) is 70.5 Å². The highest BCUT2D eigenvalue weighted by Crippen LogP contribution is 2.21. The molecule has 2 rings (SSSR count). The highest BCUT2D eigenvalue weighted by Gasteiger charge is 2.19. The molecule has 0 heterocycles. The van der Waals surface area contributed by atoms with Crippen LogP contribution in [-0.2, 0) is 10.8 Å². The van der Waals surface area contributed by atoms with Gasteiger partial charge in [0.05, 0.1) is 16.6 Å². The second kappa shape index (κ2) is 7.51. The van der Waals surface area contributed by atoms with Crippen LogP contribution in [0.1, 0.15) is 22.0 Å². The summed E-state index contributed by atoms with van der Waals surface area (Å²) in [4.78, 5) is 12.3. The number of hydrogen-bond acceptors (Lipinski definition) is 2. The van der Waals surface area contributed by atoms with Gasteiger partial charge < -0.3 is 5.32 Å². The monoisotopic (exact) mass is 339 g/mol. The minimum absolute atomic E-state index is 0.0597. The number of benzene rings is 2. The Labute approximate surface area is 136 Å². The third-order valence-electron chi connectivity index (χ3n) is 3.10. The van der Waals surface area contributed by atoms with Gasteiger partial charge >= 0.3 is 0 Å². The molecule has 2 aromatic rings. The third-order valence-corrected chi connectivity index (χ3v) is 4.29. The van der Waals surface area contributed by atoms with Gasteiger partial charge in [-0.15, -0.1) is 0 Å². The minimum Gasteiger partial charge on any atom is -0.344 e. The molecule has 1 amide bonds. The molecule has 6 heteroatoms. The van der Waals surface area contributed by atoms with Gasteiger partial charge in [-0.2, -0.15) is 0 Å². The van der Waals surface area contributed by atoms with Crippen molar-refractivity contribution in [3.8, 4) is 0 Å². The molecule has 2 aromatic carbocycles. The first-order valence-electron chi connectivity index (χ1n) is 6.59. The number of hydrogen-bond donors (Lipinski definition) is 1. The van der Waals surface area contributed by atoms with Crippen LogP contribution in [0.25, 0.3) is 0 Å². The van der Waals surface area contributed by atoms with E-state index in [0.29, 0.717) is 0 Å². The lowest BCUT2D eigenvalue weighted by atomic mass is 10.1. The first-order valence-corrected chi connectivity index (χ1v) is 8.69. The quantitative estimate of drug-likeness (QED) is 0.908. The van der Waals surface area contributed by atoms with Gasteiger partial charge in [0, 0.05) is 22.8 Å². The van der Waals surface area contributed by atoms with Crippen LogP contribution in [0, 0.1) is 5.82 Å². The molecule has 0 bridgehead atoms. The normalized spacial score (nSPS) is 13.4. The molecule has 0 unspecified atom stereocenters. The molecule has 1 N–H and O–H groups in total. The highest BCUT2D eigenvalue weighted by molar-refractivity contribution is 7.84. The molecule has 116 valence electrons. The largest absolute Gasteiger partial charge is 0.344 e. The van der Waals surface area contributed by atoms with Gasteiger partial charge in [-0.3, -0.25) is 9.00 Å². The van der Waals surface area contributed by atoms with Gasteiger partial charge in [-0.1, -0.05) is 48.0 Å². The number of nitrogens with one attached hydrogen (secondary N) is 1. The summed E-state index contributed by atoms with van der Waals surface area (Å²) < 4.78 is 25.0. The summed E-state index contributed by atoms with van der Waals surface area (Å²) in [6.07, 6.45) is 1.57. The molecule has 0 aliphatic carbocycles. The van der Waals surface area contributed by atoms with Gasteiger partial charge in [-0.25, -0.2) is 4.39 Å². The Hall–Kier alpha value is -1.72. The fourth-order valence-electron chi connectivity index (χ4n) is 2.06. The van der Waals surface area contributed by atoms with E-state index in [1.807, 2.05) is 30.3 Å². The molecular weight excluding hydrogens is 325 g/mol. The number of halogens is 2. The van der Waals surface area contributed by atoms with Crippen molar-refractivity contribution >= 4 is 28.3 Å². The van der Waals surface area contributed by atoms with Crippen LogP contribution in [0.15, 0.2) is 48.5 Å². The Balaban J connectivity index is 2.25. The summed E-state index contributed by atoms with van der Waals surface area (Å²) in [7, 11) is -1.10. The number of carbonyl (C=O) groups excluding carboxylic acids is 1. The smallest absolute Gasteiger partial charge is 0.253 e. The maximum Gasteiger partial charge on any atom is 0.253 e. The zero-order valence-electron chi connectivity index (χ0n) is 11.9. The lowest BCUT2D eigenvalue weighted by Crippen LogP contribution is -2.32. The van der Waals surface area contributed by atoms with Gasteiger partial charge in [0.25, 0.3) is 5.91 Å². The van der Waals surface area contributed by atoms with Crippen molar-refractivity contribution < 1.29 is 13.4 Å². The van der Waals surface area contributed by atoms with Crippen LogP contribution < -0.4 is 5.32 Å². The van der Waals surface area contributed by atoms with E-state index < -0.39 is 28.6 Å². The van der Waals surface area contributed by atoms with Crippen molar-refractivity contribution in [1.82, 2.24) is 5.32 Å². The topological polar surface area (TPSA) is 46.2 Å². The van der Waals surface area contributed by atoms with E-state index in [9.17, 15) is 13.4 Å². The molecule has 3 nitrogen and oxygen atoms in total. The lowest BCUT2D eigenvalue weighted by molar-refractivity contribution is 0.0940. The average molecular weight is 340 g/mol. The predicted molar refractivity (Wildman–Crippen MR) is 87.0 cm³/mol. The van der Waals surface area contributed by atoms with Crippen molar-refractivity contribution in [2.24, 2.45) is 0 Å². The molecule has 2 atom stereocenters. The van der Waals surface area contributed by atoms with Crippen molar-refractivity contribution in [1.29, 1.82) is 0 Å². The highest BCUT2D eigenvalue weighted by atomic mass is 35.5. The zero-order valence-corrected chi connectivity index (χ0v) is 13.5. The maximum absolute atomic E-state index is 13.4. The summed E-state index contributed by atoms with van der Waals surface area (Å²) in [6, 6.07) is 12.8.